The number of hydrogen-bond donors (Lipinski definition) is 1. The minimum Gasteiger partial charge on any atom is -0.383 e. The number of aryl methyl sites for hydroxylation is 1. The summed E-state index contributed by atoms with van der Waals surface area (Å²) in [5.41, 5.74) is 7.94. The summed E-state index contributed by atoms with van der Waals surface area (Å²) in [6.45, 7) is 2.07. The summed E-state index contributed by atoms with van der Waals surface area (Å²) in [4.78, 5) is 4.57. The molecule has 0 aliphatic carbocycles. The Morgan fingerprint density at radius 3 is 2.53 bits per heavy atom. The molecule has 2 rings (SSSR count). The summed E-state index contributed by atoms with van der Waals surface area (Å²) in [6.07, 6.45) is 0.873. The first-order valence-corrected chi connectivity index (χ1v) is 6.89. The summed E-state index contributed by atoms with van der Waals surface area (Å²) in [5.74, 6) is 1.70. The Labute approximate surface area is 117 Å². The molecule has 0 unspecified atom stereocenters. The van der Waals surface area contributed by atoms with Crippen molar-refractivity contribution in [3.8, 4) is 11.3 Å². The molecule has 5 heteroatoms. The van der Waals surface area contributed by atoms with Gasteiger partial charge < -0.3 is 10.3 Å². The highest BCUT2D eigenvalue weighted by molar-refractivity contribution is 9.13. The number of rotatable bonds is 2. The van der Waals surface area contributed by atoms with Gasteiger partial charge in [-0.3, -0.25) is 0 Å². The van der Waals surface area contributed by atoms with Gasteiger partial charge in [0.15, 0.2) is 0 Å². The predicted octanol–water partition coefficient (Wildman–Crippen LogP) is 3.76. The number of halogens is 2. The Kier molecular flexibility index (Phi) is 3.58. The smallest absolute Gasteiger partial charge is 0.131 e. The molecular formula is C12H13Br2N3. The molecule has 1 heterocycles. The fourth-order valence-corrected chi connectivity index (χ4v) is 2.36. The lowest BCUT2D eigenvalue weighted by atomic mass is 10.1. The Hall–Kier alpha value is -0.810. The highest BCUT2D eigenvalue weighted by Crippen LogP contribution is 2.31. The normalized spacial score (nSPS) is 10.8. The topological polar surface area (TPSA) is 43.8 Å². The van der Waals surface area contributed by atoms with E-state index in [0.717, 1.165) is 32.4 Å². The van der Waals surface area contributed by atoms with Gasteiger partial charge in [-0.05, 0) is 44.0 Å². The SMILES string of the molecule is CCc1nc(-c2ccc(Br)c(Br)c2)c(N)n1C. The molecule has 0 aliphatic heterocycles. The van der Waals surface area contributed by atoms with Gasteiger partial charge in [0.2, 0.25) is 0 Å². The lowest BCUT2D eigenvalue weighted by Crippen LogP contribution is -2.00. The van der Waals surface area contributed by atoms with Gasteiger partial charge >= 0.3 is 0 Å². The molecule has 0 amide bonds. The molecule has 0 atom stereocenters. The Morgan fingerprint density at radius 1 is 1.29 bits per heavy atom. The van der Waals surface area contributed by atoms with Gasteiger partial charge in [-0.1, -0.05) is 13.0 Å². The van der Waals surface area contributed by atoms with Crippen molar-refractivity contribution in [1.29, 1.82) is 0 Å². The highest BCUT2D eigenvalue weighted by atomic mass is 79.9. The zero-order valence-corrected chi connectivity index (χ0v) is 12.8. The van der Waals surface area contributed by atoms with Crippen LogP contribution in [0.1, 0.15) is 12.7 Å². The molecule has 2 N–H and O–H groups in total. The molecule has 90 valence electrons. The van der Waals surface area contributed by atoms with Gasteiger partial charge in [0, 0.05) is 28.0 Å². The van der Waals surface area contributed by atoms with Crippen LogP contribution in [0.15, 0.2) is 27.1 Å². The second-order valence-electron chi connectivity index (χ2n) is 3.80. The van der Waals surface area contributed by atoms with E-state index in [4.69, 9.17) is 5.73 Å². The van der Waals surface area contributed by atoms with Crippen LogP contribution in [0.5, 0.6) is 0 Å². The fourth-order valence-electron chi connectivity index (χ4n) is 1.73. The average Bonchev–Trinajstić information content (AvgIpc) is 2.60. The molecule has 0 bridgehead atoms. The van der Waals surface area contributed by atoms with Crippen LogP contribution in [0, 0.1) is 0 Å². The standard InChI is InChI=1S/C12H13Br2N3/c1-3-10-16-11(12(15)17(10)2)7-4-5-8(13)9(14)6-7/h4-6H,3,15H2,1-2H3. The van der Waals surface area contributed by atoms with Crippen LogP contribution in [-0.2, 0) is 13.5 Å². The summed E-state index contributed by atoms with van der Waals surface area (Å²) < 4.78 is 3.95. The maximum Gasteiger partial charge on any atom is 0.131 e. The third-order valence-electron chi connectivity index (χ3n) is 2.74. The summed E-state index contributed by atoms with van der Waals surface area (Å²) in [6, 6.07) is 6.01. The maximum absolute atomic E-state index is 6.07. The molecule has 0 aliphatic rings. The number of hydrogen-bond acceptors (Lipinski definition) is 2. The van der Waals surface area contributed by atoms with Crippen molar-refractivity contribution in [2.75, 3.05) is 5.73 Å². The quantitative estimate of drug-likeness (QED) is 0.888. The van der Waals surface area contributed by atoms with Crippen molar-refractivity contribution < 1.29 is 0 Å². The Balaban J connectivity index is 2.56. The van der Waals surface area contributed by atoms with E-state index in [0.29, 0.717) is 5.82 Å². The van der Waals surface area contributed by atoms with Crippen molar-refractivity contribution in [2.24, 2.45) is 7.05 Å². The van der Waals surface area contributed by atoms with Gasteiger partial charge in [0.05, 0.1) is 0 Å². The van der Waals surface area contributed by atoms with Gasteiger partial charge in [-0.2, -0.15) is 0 Å². The van der Waals surface area contributed by atoms with Crippen molar-refractivity contribution in [1.82, 2.24) is 9.55 Å². The van der Waals surface area contributed by atoms with Crippen LogP contribution < -0.4 is 5.73 Å². The van der Waals surface area contributed by atoms with E-state index in [1.165, 1.54) is 0 Å². The minimum absolute atomic E-state index is 0.705. The lowest BCUT2D eigenvalue weighted by molar-refractivity contribution is 0.816. The lowest BCUT2D eigenvalue weighted by Gasteiger charge is -2.02. The van der Waals surface area contributed by atoms with Gasteiger partial charge in [-0.15, -0.1) is 0 Å². The van der Waals surface area contributed by atoms with Crippen LogP contribution >= 0.6 is 31.9 Å². The van der Waals surface area contributed by atoms with Crippen molar-refractivity contribution in [2.45, 2.75) is 13.3 Å². The molecule has 1 aromatic heterocycles. The van der Waals surface area contributed by atoms with E-state index in [9.17, 15) is 0 Å². The third-order valence-corrected chi connectivity index (χ3v) is 4.62. The first kappa shape index (κ1) is 12.6. The van der Waals surface area contributed by atoms with Crippen LogP contribution in [0.3, 0.4) is 0 Å². The van der Waals surface area contributed by atoms with E-state index in [-0.39, 0.29) is 0 Å². The summed E-state index contributed by atoms with van der Waals surface area (Å²) in [5, 5.41) is 0. The number of benzene rings is 1. The molecular weight excluding hydrogens is 346 g/mol. The van der Waals surface area contributed by atoms with E-state index in [2.05, 4.69) is 43.8 Å². The first-order chi connectivity index (χ1) is 8.04. The first-order valence-electron chi connectivity index (χ1n) is 5.31. The molecule has 0 saturated carbocycles. The number of aromatic nitrogens is 2. The van der Waals surface area contributed by atoms with Crippen LogP contribution in [0.4, 0.5) is 5.82 Å². The van der Waals surface area contributed by atoms with Crippen LogP contribution in [0.2, 0.25) is 0 Å². The Bertz CT molecular complexity index is 561. The van der Waals surface area contributed by atoms with Gasteiger partial charge in [-0.25, -0.2) is 4.98 Å². The summed E-state index contributed by atoms with van der Waals surface area (Å²) >= 11 is 6.94. The largest absolute Gasteiger partial charge is 0.383 e. The van der Waals surface area contributed by atoms with Gasteiger partial charge in [0.1, 0.15) is 17.3 Å². The number of nitrogen functional groups attached to an aromatic ring is 1. The minimum atomic E-state index is 0.705. The van der Waals surface area contributed by atoms with E-state index in [1.54, 1.807) is 0 Å². The van der Waals surface area contributed by atoms with Crippen molar-refractivity contribution >= 4 is 37.7 Å². The van der Waals surface area contributed by atoms with E-state index in [1.807, 2.05) is 29.8 Å². The second-order valence-corrected chi connectivity index (χ2v) is 5.51. The number of imidazole rings is 1. The molecule has 1 aromatic carbocycles. The number of nitrogens with two attached hydrogens (primary N) is 1. The van der Waals surface area contributed by atoms with Crippen LogP contribution in [0.25, 0.3) is 11.3 Å². The van der Waals surface area contributed by atoms with Gasteiger partial charge in [0.25, 0.3) is 0 Å². The Morgan fingerprint density at radius 2 is 2.00 bits per heavy atom. The molecule has 3 nitrogen and oxygen atoms in total. The monoisotopic (exact) mass is 357 g/mol. The van der Waals surface area contributed by atoms with Crippen LogP contribution in [-0.4, -0.2) is 9.55 Å². The molecule has 0 fully saturated rings. The molecule has 2 aromatic rings. The van der Waals surface area contributed by atoms with E-state index < -0.39 is 0 Å². The average molecular weight is 359 g/mol. The van der Waals surface area contributed by atoms with E-state index >= 15 is 0 Å². The zero-order chi connectivity index (χ0) is 12.6. The van der Waals surface area contributed by atoms with Crippen molar-refractivity contribution in [3.05, 3.63) is 33.0 Å². The second kappa shape index (κ2) is 4.82. The highest BCUT2D eigenvalue weighted by Gasteiger charge is 2.13. The summed E-state index contributed by atoms with van der Waals surface area (Å²) in [7, 11) is 1.94. The molecule has 0 spiro atoms. The third kappa shape index (κ3) is 2.26. The zero-order valence-electron chi connectivity index (χ0n) is 9.67. The molecule has 17 heavy (non-hydrogen) atoms. The predicted molar refractivity (Wildman–Crippen MR) is 77.8 cm³/mol. The number of nitrogens with zero attached hydrogens (tertiary/aromatic N) is 2. The molecule has 0 saturated heterocycles. The number of anilines is 1. The molecule has 0 radical (unpaired) electrons. The fraction of sp³-hybridized carbons (Fsp3) is 0.250. The maximum atomic E-state index is 6.07. The van der Waals surface area contributed by atoms with Crippen molar-refractivity contribution in [3.63, 3.8) is 0 Å².